The predicted molar refractivity (Wildman–Crippen MR) is 116 cm³/mol. The van der Waals surface area contributed by atoms with Gasteiger partial charge in [-0.25, -0.2) is 0 Å². The van der Waals surface area contributed by atoms with Gasteiger partial charge in [0.15, 0.2) is 0 Å². The van der Waals surface area contributed by atoms with Gasteiger partial charge in [0.25, 0.3) is 0 Å². The number of aromatic nitrogens is 1. The number of benzene rings is 4. The van der Waals surface area contributed by atoms with E-state index in [1.165, 1.54) is 32.6 Å². The summed E-state index contributed by atoms with van der Waals surface area (Å²) in [5.41, 5.74) is 4.65. The molecule has 0 fully saturated rings. The molecule has 27 heavy (non-hydrogen) atoms. The molecular formula is C25H20N2. The fraction of sp³-hybridized carbons (Fsp3) is 0.0800. The van der Waals surface area contributed by atoms with Crippen molar-refractivity contribution in [1.29, 1.82) is 0 Å². The molecule has 0 radical (unpaired) electrons. The van der Waals surface area contributed by atoms with Crippen molar-refractivity contribution < 1.29 is 0 Å². The van der Waals surface area contributed by atoms with Gasteiger partial charge >= 0.3 is 0 Å². The van der Waals surface area contributed by atoms with E-state index in [4.69, 9.17) is 4.99 Å². The maximum atomic E-state index is 4.78. The van der Waals surface area contributed by atoms with Crippen molar-refractivity contribution in [3.63, 3.8) is 0 Å². The van der Waals surface area contributed by atoms with Crippen LogP contribution in [0.25, 0.3) is 32.6 Å². The van der Waals surface area contributed by atoms with Crippen LogP contribution >= 0.6 is 0 Å². The third kappa shape index (κ3) is 2.61. The summed E-state index contributed by atoms with van der Waals surface area (Å²) in [5, 5.41) is 5.06. The number of rotatable bonds is 3. The Morgan fingerprint density at radius 2 is 1.48 bits per heavy atom. The highest BCUT2D eigenvalue weighted by Gasteiger charge is 2.09. The number of hydrogen-bond acceptors (Lipinski definition) is 1. The lowest BCUT2D eigenvalue weighted by molar-refractivity contribution is 0.827. The Morgan fingerprint density at radius 3 is 2.37 bits per heavy atom. The van der Waals surface area contributed by atoms with Crippen molar-refractivity contribution in [2.75, 3.05) is 0 Å². The van der Waals surface area contributed by atoms with E-state index >= 15 is 0 Å². The Labute approximate surface area is 158 Å². The van der Waals surface area contributed by atoms with E-state index in [0.717, 1.165) is 17.8 Å². The Bertz CT molecular complexity index is 1300. The molecule has 1 heterocycles. The maximum Gasteiger partial charge on any atom is 0.0651 e. The second-order valence-corrected chi connectivity index (χ2v) is 6.79. The number of fused-ring (bicyclic) bond motifs is 4. The largest absolute Gasteiger partial charge is 0.341 e. The summed E-state index contributed by atoms with van der Waals surface area (Å²) in [5.74, 6) is 0. The van der Waals surface area contributed by atoms with Crippen LogP contribution in [0, 0.1) is 0 Å². The second-order valence-electron chi connectivity index (χ2n) is 6.79. The standard InChI is InChI=1S/C25H20N2/c1-2-27-24-13-6-5-12-22(24)23-15-14-20(16-25(23)27)26-17-19-10-7-9-18-8-3-4-11-21(18)19/h3-17H,2H2,1H3. The molecule has 0 aliphatic heterocycles. The van der Waals surface area contributed by atoms with Gasteiger partial charge in [-0.3, -0.25) is 4.99 Å². The quantitative estimate of drug-likeness (QED) is 0.322. The van der Waals surface area contributed by atoms with Gasteiger partial charge in [-0.05, 0) is 35.9 Å². The average Bonchev–Trinajstić information content (AvgIpc) is 3.05. The van der Waals surface area contributed by atoms with Gasteiger partial charge < -0.3 is 4.57 Å². The minimum absolute atomic E-state index is 0.945. The first-order valence-electron chi connectivity index (χ1n) is 9.38. The lowest BCUT2D eigenvalue weighted by atomic mass is 10.1. The summed E-state index contributed by atoms with van der Waals surface area (Å²) in [6.07, 6.45) is 1.97. The van der Waals surface area contributed by atoms with Crippen molar-refractivity contribution in [3.8, 4) is 0 Å². The summed E-state index contributed by atoms with van der Waals surface area (Å²) in [4.78, 5) is 4.78. The molecule has 0 aliphatic rings. The fourth-order valence-corrected chi connectivity index (χ4v) is 3.97. The van der Waals surface area contributed by atoms with Crippen LogP contribution in [0.3, 0.4) is 0 Å². The van der Waals surface area contributed by atoms with Crippen molar-refractivity contribution >= 4 is 44.5 Å². The van der Waals surface area contributed by atoms with Gasteiger partial charge in [0.1, 0.15) is 0 Å². The molecular weight excluding hydrogens is 328 g/mol. The average molecular weight is 348 g/mol. The van der Waals surface area contributed by atoms with Crippen molar-refractivity contribution in [2.45, 2.75) is 13.5 Å². The molecule has 0 amide bonds. The molecule has 5 aromatic rings. The van der Waals surface area contributed by atoms with Crippen molar-refractivity contribution in [1.82, 2.24) is 4.57 Å². The molecule has 0 bridgehead atoms. The highest BCUT2D eigenvalue weighted by molar-refractivity contribution is 6.09. The molecule has 0 saturated carbocycles. The normalized spacial score (nSPS) is 11.9. The molecule has 0 saturated heterocycles. The number of nitrogens with zero attached hydrogens (tertiary/aromatic N) is 2. The molecule has 0 atom stereocenters. The third-order valence-electron chi connectivity index (χ3n) is 5.25. The number of hydrogen-bond donors (Lipinski definition) is 0. The molecule has 130 valence electrons. The van der Waals surface area contributed by atoms with Gasteiger partial charge in [0, 0.05) is 34.6 Å². The second kappa shape index (κ2) is 6.40. The smallest absolute Gasteiger partial charge is 0.0651 e. The van der Waals surface area contributed by atoms with Gasteiger partial charge in [-0.2, -0.15) is 0 Å². The zero-order chi connectivity index (χ0) is 18.2. The van der Waals surface area contributed by atoms with Crippen LogP contribution in [-0.4, -0.2) is 10.8 Å². The minimum atomic E-state index is 0.945. The van der Waals surface area contributed by atoms with E-state index in [0.29, 0.717) is 0 Å². The van der Waals surface area contributed by atoms with E-state index in [-0.39, 0.29) is 0 Å². The molecule has 4 aromatic carbocycles. The van der Waals surface area contributed by atoms with Gasteiger partial charge in [-0.1, -0.05) is 66.7 Å². The molecule has 2 heteroatoms. The van der Waals surface area contributed by atoms with E-state index in [9.17, 15) is 0 Å². The number of aliphatic imine (C=N–C) groups is 1. The fourth-order valence-electron chi connectivity index (χ4n) is 3.97. The van der Waals surface area contributed by atoms with Crippen LogP contribution in [0.2, 0.25) is 0 Å². The van der Waals surface area contributed by atoms with Crippen LogP contribution in [0.1, 0.15) is 12.5 Å². The molecule has 0 N–H and O–H groups in total. The first kappa shape index (κ1) is 15.8. The summed E-state index contributed by atoms with van der Waals surface area (Å²) in [6.45, 7) is 3.14. The summed E-state index contributed by atoms with van der Waals surface area (Å²) in [7, 11) is 0. The molecule has 0 aliphatic carbocycles. The van der Waals surface area contributed by atoms with E-state index in [1.54, 1.807) is 0 Å². The SMILES string of the molecule is CCn1c2ccccc2c2ccc(N=Cc3cccc4ccccc34)cc21. The first-order chi connectivity index (χ1) is 13.3. The van der Waals surface area contributed by atoms with Crippen LogP contribution in [-0.2, 0) is 6.54 Å². The van der Waals surface area contributed by atoms with E-state index in [1.807, 2.05) is 6.21 Å². The molecule has 5 rings (SSSR count). The van der Waals surface area contributed by atoms with Gasteiger partial charge in [-0.15, -0.1) is 0 Å². The Morgan fingerprint density at radius 1 is 0.741 bits per heavy atom. The summed E-state index contributed by atoms with van der Waals surface area (Å²) >= 11 is 0. The zero-order valence-electron chi connectivity index (χ0n) is 15.3. The molecule has 0 spiro atoms. The highest BCUT2D eigenvalue weighted by Crippen LogP contribution is 2.31. The summed E-state index contributed by atoms with van der Waals surface area (Å²) in [6, 6.07) is 29.9. The van der Waals surface area contributed by atoms with Crippen LogP contribution in [0.5, 0.6) is 0 Å². The van der Waals surface area contributed by atoms with Crippen molar-refractivity contribution in [3.05, 3.63) is 90.5 Å². The van der Waals surface area contributed by atoms with Crippen LogP contribution in [0.4, 0.5) is 5.69 Å². The zero-order valence-corrected chi connectivity index (χ0v) is 15.3. The highest BCUT2D eigenvalue weighted by atomic mass is 15.0. The monoisotopic (exact) mass is 348 g/mol. The van der Waals surface area contributed by atoms with E-state index < -0.39 is 0 Å². The third-order valence-corrected chi connectivity index (χ3v) is 5.25. The molecule has 1 aromatic heterocycles. The van der Waals surface area contributed by atoms with Gasteiger partial charge in [0.05, 0.1) is 11.2 Å². The topological polar surface area (TPSA) is 17.3 Å². The molecule has 2 nitrogen and oxygen atoms in total. The Balaban J connectivity index is 1.63. The number of para-hydroxylation sites is 1. The lowest BCUT2D eigenvalue weighted by Crippen LogP contribution is -1.92. The Kier molecular flexibility index (Phi) is 3.75. The van der Waals surface area contributed by atoms with Crippen LogP contribution in [0.15, 0.2) is 89.9 Å². The molecule has 0 unspecified atom stereocenters. The van der Waals surface area contributed by atoms with Gasteiger partial charge in [0.2, 0.25) is 0 Å². The lowest BCUT2D eigenvalue weighted by Gasteiger charge is -2.04. The van der Waals surface area contributed by atoms with E-state index in [2.05, 4.69) is 96.4 Å². The Hall–Kier alpha value is -3.39. The van der Waals surface area contributed by atoms with Crippen molar-refractivity contribution in [2.24, 2.45) is 4.99 Å². The minimum Gasteiger partial charge on any atom is -0.341 e. The van der Waals surface area contributed by atoms with Crippen LogP contribution < -0.4 is 0 Å². The summed E-state index contributed by atoms with van der Waals surface area (Å²) < 4.78 is 2.36. The predicted octanol–water partition coefficient (Wildman–Crippen LogP) is 6.72. The maximum absolute atomic E-state index is 4.78. The number of aryl methyl sites for hydroxylation is 1. The first-order valence-corrected chi connectivity index (χ1v) is 9.38.